The van der Waals surface area contributed by atoms with Crippen molar-refractivity contribution in [1.82, 2.24) is 4.31 Å². The molecule has 1 N–H and O–H groups in total. The zero-order valence-corrected chi connectivity index (χ0v) is 17.5. The van der Waals surface area contributed by atoms with Crippen LogP contribution < -0.4 is 10.1 Å². The zero-order chi connectivity index (χ0) is 20.6. The summed E-state index contributed by atoms with van der Waals surface area (Å²) in [6.45, 7) is 2.35. The first kappa shape index (κ1) is 21.9. The minimum Gasteiger partial charge on any atom is -0.484 e. The molecule has 0 aliphatic heterocycles. The summed E-state index contributed by atoms with van der Waals surface area (Å²) in [5, 5.41) is 2.81. The fourth-order valence-electron chi connectivity index (χ4n) is 2.55. The van der Waals surface area contributed by atoms with Crippen LogP contribution in [0.25, 0.3) is 0 Å². The lowest BCUT2D eigenvalue weighted by atomic mass is 10.1. The fraction of sp³-hybridized carbons (Fsp3) is 0.381. The highest BCUT2D eigenvalue weighted by Crippen LogP contribution is 2.15. The molecule has 0 bridgehead atoms. The summed E-state index contributed by atoms with van der Waals surface area (Å²) in [5.41, 5.74) is 2.85. The molecule has 0 saturated heterocycles. The summed E-state index contributed by atoms with van der Waals surface area (Å²) in [4.78, 5) is 12.1. The van der Waals surface area contributed by atoms with Crippen LogP contribution in [-0.4, -0.2) is 38.5 Å². The number of carbonyl (C=O) groups is 1. The number of hydrogen-bond acceptors (Lipinski definition) is 4. The molecule has 0 saturated carbocycles. The van der Waals surface area contributed by atoms with E-state index in [1.165, 1.54) is 23.2 Å². The van der Waals surface area contributed by atoms with Gasteiger partial charge < -0.3 is 10.1 Å². The number of amides is 1. The maximum atomic E-state index is 12.1. The minimum atomic E-state index is -3.22. The Labute approximate surface area is 167 Å². The Kier molecular flexibility index (Phi) is 8.02. The highest BCUT2D eigenvalue weighted by Gasteiger charge is 2.11. The van der Waals surface area contributed by atoms with Gasteiger partial charge in [0.25, 0.3) is 5.91 Å². The third kappa shape index (κ3) is 7.32. The Morgan fingerprint density at radius 2 is 1.64 bits per heavy atom. The lowest BCUT2D eigenvalue weighted by molar-refractivity contribution is -0.118. The molecular weight excluding hydrogens is 376 g/mol. The van der Waals surface area contributed by atoms with Crippen molar-refractivity contribution in [3.8, 4) is 5.75 Å². The van der Waals surface area contributed by atoms with E-state index in [9.17, 15) is 13.2 Å². The van der Waals surface area contributed by atoms with Crippen LogP contribution in [0, 0.1) is 0 Å². The molecule has 152 valence electrons. The van der Waals surface area contributed by atoms with Crippen molar-refractivity contribution in [1.29, 1.82) is 0 Å². The molecule has 0 radical (unpaired) electrons. The smallest absolute Gasteiger partial charge is 0.262 e. The van der Waals surface area contributed by atoms with E-state index in [1.807, 2.05) is 24.3 Å². The second-order valence-corrected chi connectivity index (χ2v) is 8.89. The van der Waals surface area contributed by atoms with E-state index in [4.69, 9.17) is 4.74 Å². The van der Waals surface area contributed by atoms with E-state index in [0.29, 0.717) is 5.75 Å². The van der Waals surface area contributed by atoms with Crippen LogP contribution in [0.2, 0.25) is 0 Å². The quantitative estimate of drug-likeness (QED) is 0.658. The van der Waals surface area contributed by atoms with E-state index in [2.05, 4.69) is 12.2 Å². The van der Waals surface area contributed by atoms with Crippen LogP contribution in [0.4, 0.5) is 5.69 Å². The van der Waals surface area contributed by atoms with Crippen molar-refractivity contribution in [2.45, 2.75) is 32.7 Å². The highest BCUT2D eigenvalue weighted by atomic mass is 32.2. The molecular formula is C21H28N2O4S. The van der Waals surface area contributed by atoms with Gasteiger partial charge in [0.2, 0.25) is 10.0 Å². The molecule has 0 aromatic heterocycles. The SMILES string of the molecule is CCCCc1ccc(NC(=O)COc2ccc(CN(C)S(C)(=O)=O)cc2)cc1. The summed E-state index contributed by atoms with van der Waals surface area (Å²) in [6.07, 6.45) is 4.53. The van der Waals surface area contributed by atoms with Gasteiger partial charge in [0, 0.05) is 19.3 Å². The normalized spacial score (nSPS) is 11.4. The largest absolute Gasteiger partial charge is 0.484 e. The van der Waals surface area contributed by atoms with Gasteiger partial charge in [-0.3, -0.25) is 4.79 Å². The molecule has 0 atom stereocenters. The fourth-order valence-corrected chi connectivity index (χ4v) is 2.93. The van der Waals surface area contributed by atoms with Gasteiger partial charge in [-0.2, -0.15) is 0 Å². The summed E-state index contributed by atoms with van der Waals surface area (Å²) < 4.78 is 29.7. The monoisotopic (exact) mass is 404 g/mol. The van der Waals surface area contributed by atoms with Crippen molar-refractivity contribution >= 4 is 21.6 Å². The first-order chi connectivity index (χ1) is 13.3. The van der Waals surface area contributed by atoms with Gasteiger partial charge >= 0.3 is 0 Å². The molecule has 0 aliphatic carbocycles. The molecule has 0 aliphatic rings. The number of carbonyl (C=O) groups excluding carboxylic acids is 1. The van der Waals surface area contributed by atoms with E-state index in [1.54, 1.807) is 24.3 Å². The van der Waals surface area contributed by atoms with Crippen molar-refractivity contribution < 1.29 is 17.9 Å². The Balaban J connectivity index is 1.80. The predicted molar refractivity (Wildman–Crippen MR) is 112 cm³/mol. The van der Waals surface area contributed by atoms with Gasteiger partial charge in [-0.1, -0.05) is 37.6 Å². The summed E-state index contributed by atoms with van der Waals surface area (Å²) >= 11 is 0. The molecule has 0 unspecified atom stereocenters. The molecule has 1 amide bonds. The number of aryl methyl sites for hydroxylation is 1. The Morgan fingerprint density at radius 1 is 1.04 bits per heavy atom. The van der Waals surface area contributed by atoms with Crippen LogP contribution in [0.1, 0.15) is 30.9 Å². The van der Waals surface area contributed by atoms with Crippen molar-refractivity contribution in [2.24, 2.45) is 0 Å². The van der Waals surface area contributed by atoms with Gasteiger partial charge in [0.05, 0.1) is 6.26 Å². The van der Waals surface area contributed by atoms with E-state index < -0.39 is 10.0 Å². The maximum absolute atomic E-state index is 12.1. The molecule has 2 aromatic rings. The lowest BCUT2D eigenvalue weighted by Crippen LogP contribution is -2.24. The van der Waals surface area contributed by atoms with Gasteiger partial charge in [-0.25, -0.2) is 12.7 Å². The summed E-state index contributed by atoms with van der Waals surface area (Å²) in [6, 6.07) is 14.9. The highest BCUT2D eigenvalue weighted by molar-refractivity contribution is 7.88. The molecule has 0 fully saturated rings. The standard InChI is InChI=1S/C21H28N2O4S/c1-4-5-6-17-7-11-19(12-8-17)22-21(24)16-27-20-13-9-18(10-14-20)15-23(2)28(3,25)26/h7-14H,4-6,15-16H2,1-3H3,(H,22,24). The minimum absolute atomic E-state index is 0.0970. The van der Waals surface area contributed by atoms with Crippen molar-refractivity contribution in [3.05, 3.63) is 59.7 Å². The number of rotatable bonds is 10. The van der Waals surface area contributed by atoms with Crippen LogP contribution in [-0.2, 0) is 27.8 Å². The number of unbranched alkanes of at least 4 members (excludes halogenated alkanes) is 1. The molecule has 0 spiro atoms. The van der Waals surface area contributed by atoms with Crippen LogP contribution in [0.5, 0.6) is 5.75 Å². The Hall–Kier alpha value is -2.38. The van der Waals surface area contributed by atoms with Crippen LogP contribution >= 0.6 is 0 Å². The second kappa shape index (κ2) is 10.2. The summed E-state index contributed by atoms with van der Waals surface area (Å²) in [5.74, 6) is 0.318. The Bertz CT molecular complexity index is 862. The van der Waals surface area contributed by atoms with Gasteiger partial charge in [0.1, 0.15) is 5.75 Å². The topological polar surface area (TPSA) is 75.7 Å². The molecule has 2 aromatic carbocycles. The third-order valence-electron chi connectivity index (χ3n) is 4.32. The molecule has 28 heavy (non-hydrogen) atoms. The number of ether oxygens (including phenoxy) is 1. The zero-order valence-electron chi connectivity index (χ0n) is 16.6. The van der Waals surface area contributed by atoms with E-state index >= 15 is 0 Å². The molecule has 0 heterocycles. The van der Waals surface area contributed by atoms with Crippen LogP contribution in [0.15, 0.2) is 48.5 Å². The number of hydrogen-bond donors (Lipinski definition) is 1. The molecule has 6 nitrogen and oxygen atoms in total. The van der Waals surface area contributed by atoms with Gasteiger partial charge in [0.15, 0.2) is 6.61 Å². The number of nitrogens with zero attached hydrogens (tertiary/aromatic N) is 1. The second-order valence-electron chi connectivity index (χ2n) is 6.80. The predicted octanol–water partition coefficient (Wildman–Crippen LogP) is 3.44. The number of benzene rings is 2. The van der Waals surface area contributed by atoms with E-state index in [0.717, 1.165) is 30.5 Å². The number of anilines is 1. The van der Waals surface area contributed by atoms with E-state index in [-0.39, 0.29) is 19.1 Å². The molecule has 2 rings (SSSR count). The Morgan fingerprint density at radius 3 is 2.21 bits per heavy atom. The molecule has 7 heteroatoms. The number of nitrogens with one attached hydrogen (secondary N) is 1. The average Bonchev–Trinajstić information content (AvgIpc) is 2.66. The summed E-state index contributed by atoms with van der Waals surface area (Å²) in [7, 11) is -1.69. The van der Waals surface area contributed by atoms with Gasteiger partial charge in [-0.15, -0.1) is 0 Å². The lowest BCUT2D eigenvalue weighted by Gasteiger charge is -2.14. The van der Waals surface area contributed by atoms with Crippen LogP contribution in [0.3, 0.4) is 0 Å². The first-order valence-electron chi connectivity index (χ1n) is 9.30. The van der Waals surface area contributed by atoms with Crippen molar-refractivity contribution in [3.63, 3.8) is 0 Å². The average molecular weight is 405 g/mol. The maximum Gasteiger partial charge on any atom is 0.262 e. The van der Waals surface area contributed by atoms with Gasteiger partial charge in [-0.05, 0) is 48.2 Å². The number of sulfonamides is 1. The third-order valence-corrected chi connectivity index (χ3v) is 5.58. The van der Waals surface area contributed by atoms with Crippen molar-refractivity contribution in [2.75, 3.05) is 25.2 Å². The first-order valence-corrected chi connectivity index (χ1v) is 11.1.